The first-order valence-corrected chi connectivity index (χ1v) is 8.97. The van der Waals surface area contributed by atoms with Gasteiger partial charge in [0.25, 0.3) is 0 Å². The van der Waals surface area contributed by atoms with E-state index >= 15 is 0 Å². The number of carbonyl (C=O) groups excluding carboxylic acids is 1. The van der Waals surface area contributed by atoms with E-state index in [9.17, 15) is 9.18 Å². The molecule has 25 heavy (non-hydrogen) atoms. The fraction of sp³-hybridized carbons (Fsp3) is 0.353. The van der Waals surface area contributed by atoms with Crippen molar-refractivity contribution in [3.05, 3.63) is 29.6 Å². The lowest BCUT2D eigenvalue weighted by Crippen LogP contribution is -2.45. The van der Waals surface area contributed by atoms with E-state index in [1.807, 2.05) is 17.0 Å². The molecule has 0 aliphatic carbocycles. The van der Waals surface area contributed by atoms with E-state index in [1.165, 1.54) is 16.2 Å². The van der Waals surface area contributed by atoms with Gasteiger partial charge in [-0.25, -0.2) is 19.1 Å². The van der Waals surface area contributed by atoms with Crippen molar-refractivity contribution in [3.63, 3.8) is 0 Å². The minimum Gasteiger partial charge on any atom is -0.493 e. The van der Waals surface area contributed by atoms with Gasteiger partial charge in [-0.15, -0.1) is 0 Å². The zero-order valence-electron chi connectivity index (χ0n) is 13.5. The first kappa shape index (κ1) is 14.8. The van der Waals surface area contributed by atoms with Crippen LogP contribution in [0.2, 0.25) is 0 Å². The van der Waals surface area contributed by atoms with Gasteiger partial charge in [-0.3, -0.25) is 0 Å². The summed E-state index contributed by atoms with van der Waals surface area (Å²) in [6.07, 6.45) is 1.83. The molecule has 0 radical (unpaired) electrons. The van der Waals surface area contributed by atoms with Crippen LogP contribution < -0.4 is 9.64 Å². The lowest BCUT2D eigenvalue weighted by Gasteiger charge is -2.34. The average Bonchev–Trinajstić information content (AvgIpc) is 3.22. The summed E-state index contributed by atoms with van der Waals surface area (Å²) in [5.41, 5.74) is 3.28. The van der Waals surface area contributed by atoms with E-state index in [1.54, 1.807) is 13.1 Å². The molecule has 1 fully saturated rings. The van der Waals surface area contributed by atoms with Gasteiger partial charge >= 0.3 is 6.03 Å². The number of rotatable bonds is 2. The molecule has 3 aliphatic rings. The minimum atomic E-state index is -0.801. The highest BCUT2D eigenvalue weighted by molar-refractivity contribution is 7.22. The maximum absolute atomic E-state index is 13.1. The third kappa shape index (κ3) is 2.24. The first-order valence-electron chi connectivity index (χ1n) is 8.15. The molecule has 2 amide bonds. The molecule has 3 aliphatic heterocycles. The van der Waals surface area contributed by atoms with E-state index in [0.29, 0.717) is 36.2 Å². The summed E-state index contributed by atoms with van der Waals surface area (Å²) in [6, 6.07) is 3.58. The Balaban J connectivity index is 1.57. The standard InChI is InChI=1S/C17H15FN4O2S/c1-9-12(8-21-6-10(18)7-21)22(16(23)19-9)17-20-15-11-4-5-24-13(11)2-3-14(15)25-17/h2-3,8,10H,4-7H2,1H3/b12-8+. The number of alkyl halides is 1. The predicted octanol–water partition coefficient (Wildman–Crippen LogP) is 3.13. The highest BCUT2D eigenvalue weighted by Gasteiger charge is 2.34. The molecule has 5 rings (SSSR count). The van der Waals surface area contributed by atoms with Gasteiger partial charge in [-0.05, 0) is 19.1 Å². The zero-order valence-corrected chi connectivity index (χ0v) is 14.3. The number of ether oxygens (including phenoxy) is 1. The second-order valence-electron chi connectivity index (χ2n) is 6.36. The Kier molecular flexibility index (Phi) is 3.12. The number of urea groups is 1. The number of aliphatic imine (C=N–C) groups is 1. The van der Waals surface area contributed by atoms with Crippen LogP contribution in [0.5, 0.6) is 5.75 Å². The lowest BCUT2D eigenvalue weighted by atomic mass is 10.1. The summed E-state index contributed by atoms with van der Waals surface area (Å²) in [6.45, 7) is 3.15. The van der Waals surface area contributed by atoms with Crippen molar-refractivity contribution in [3.8, 4) is 5.75 Å². The number of amides is 2. The Morgan fingerprint density at radius 2 is 2.24 bits per heavy atom. The van der Waals surface area contributed by atoms with Crippen LogP contribution in [0.4, 0.5) is 14.3 Å². The number of anilines is 1. The van der Waals surface area contributed by atoms with Crippen molar-refractivity contribution in [2.24, 2.45) is 4.99 Å². The Morgan fingerprint density at radius 3 is 3.04 bits per heavy atom. The molecule has 0 saturated carbocycles. The molecule has 1 aromatic carbocycles. The number of allylic oxidation sites excluding steroid dienone is 1. The zero-order chi connectivity index (χ0) is 17.1. The molecule has 6 nitrogen and oxygen atoms in total. The average molecular weight is 358 g/mol. The van der Waals surface area contributed by atoms with Crippen LogP contribution in [0.3, 0.4) is 0 Å². The largest absolute Gasteiger partial charge is 0.493 e. The van der Waals surface area contributed by atoms with Gasteiger partial charge in [0.2, 0.25) is 0 Å². The van der Waals surface area contributed by atoms with Gasteiger partial charge in [0, 0.05) is 18.2 Å². The third-order valence-corrected chi connectivity index (χ3v) is 5.65. The number of likely N-dealkylation sites (tertiary alicyclic amines) is 1. The van der Waals surface area contributed by atoms with Crippen LogP contribution in [-0.2, 0) is 6.42 Å². The first-order chi connectivity index (χ1) is 12.1. The second-order valence-corrected chi connectivity index (χ2v) is 7.37. The number of carbonyl (C=O) groups is 1. The third-order valence-electron chi connectivity index (χ3n) is 4.65. The summed E-state index contributed by atoms with van der Waals surface area (Å²) in [5, 5.41) is 0.587. The van der Waals surface area contributed by atoms with Gasteiger partial charge < -0.3 is 9.64 Å². The number of thiazole rings is 1. The molecule has 1 saturated heterocycles. The van der Waals surface area contributed by atoms with Gasteiger partial charge in [0.15, 0.2) is 5.13 Å². The Bertz CT molecular complexity index is 961. The van der Waals surface area contributed by atoms with Crippen molar-refractivity contribution >= 4 is 38.4 Å². The Hall–Kier alpha value is -2.48. The van der Waals surface area contributed by atoms with E-state index in [-0.39, 0.29) is 6.03 Å². The SMILES string of the molecule is CC1=NC(=O)N(c2nc3c4c(ccc3s2)OCC4)/C1=C/N1CC(F)C1. The summed E-state index contributed by atoms with van der Waals surface area (Å²) >= 11 is 1.46. The molecule has 2 aromatic rings. The van der Waals surface area contributed by atoms with Crippen LogP contribution in [0.1, 0.15) is 12.5 Å². The molecule has 0 spiro atoms. The number of halogens is 1. The Morgan fingerprint density at radius 1 is 1.40 bits per heavy atom. The van der Waals surface area contributed by atoms with Crippen molar-refractivity contribution in [1.29, 1.82) is 0 Å². The van der Waals surface area contributed by atoms with Crippen molar-refractivity contribution in [2.45, 2.75) is 19.5 Å². The van der Waals surface area contributed by atoms with Crippen LogP contribution in [0, 0.1) is 0 Å². The number of nitrogens with zero attached hydrogens (tertiary/aromatic N) is 4. The van der Waals surface area contributed by atoms with Crippen LogP contribution in [0.25, 0.3) is 10.2 Å². The summed E-state index contributed by atoms with van der Waals surface area (Å²) < 4.78 is 19.7. The fourth-order valence-corrected chi connectivity index (χ4v) is 4.34. The van der Waals surface area contributed by atoms with Crippen LogP contribution in [-0.4, -0.2) is 47.5 Å². The van der Waals surface area contributed by atoms with E-state index in [4.69, 9.17) is 9.72 Å². The number of fused-ring (bicyclic) bond motifs is 3. The number of aromatic nitrogens is 1. The van der Waals surface area contributed by atoms with E-state index < -0.39 is 6.17 Å². The summed E-state index contributed by atoms with van der Waals surface area (Å²) in [5.74, 6) is 0.870. The summed E-state index contributed by atoms with van der Waals surface area (Å²) in [7, 11) is 0. The molecule has 0 bridgehead atoms. The maximum Gasteiger partial charge on any atom is 0.354 e. The number of hydrogen-bond donors (Lipinski definition) is 0. The molecule has 128 valence electrons. The molecule has 4 heterocycles. The number of hydrogen-bond acceptors (Lipinski definition) is 5. The monoisotopic (exact) mass is 358 g/mol. The van der Waals surface area contributed by atoms with Gasteiger partial charge in [-0.1, -0.05) is 11.3 Å². The Labute approximate surface area is 147 Å². The number of benzene rings is 1. The van der Waals surface area contributed by atoms with Crippen LogP contribution in [0.15, 0.2) is 29.0 Å². The molecule has 0 unspecified atom stereocenters. The van der Waals surface area contributed by atoms with Gasteiger partial charge in [0.05, 0.1) is 41.3 Å². The molecular weight excluding hydrogens is 343 g/mol. The molecule has 0 N–H and O–H groups in total. The minimum absolute atomic E-state index is 0.351. The van der Waals surface area contributed by atoms with Crippen molar-refractivity contribution in [2.75, 3.05) is 24.6 Å². The second kappa shape index (κ2) is 5.26. The fourth-order valence-electron chi connectivity index (χ4n) is 3.34. The predicted molar refractivity (Wildman–Crippen MR) is 94.4 cm³/mol. The highest BCUT2D eigenvalue weighted by Crippen LogP contribution is 2.39. The molecule has 8 heteroatoms. The van der Waals surface area contributed by atoms with Gasteiger partial charge in [0.1, 0.15) is 11.9 Å². The lowest BCUT2D eigenvalue weighted by molar-refractivity contribution is 0.111. The topological polar surface area (TPSA) is 58.0 Å². The highest BCUT2D eigenvalue weighted by atomic mass is 32.1. The summed E-state index contributed by atoms with van der Waals surface area (Å²) in [4.78, 5) is 24.5. The molecular formula is C17H15FN4O2S. The van der Waals surface area contributed by atoms with Crippen molar-refractivity contribution < 1.29 is 13.9 Å². The van der Waals surface area contributed by atoms with E-state index in [0.717, 1.165) is 28.0 Å². The van der Waals surface area contributed by atoms with Gasteiger partial charge in [-0.2, -0.15) is 4.99 Å². The maximum atomic E-state index is 13.1. The normalized spacial score (nSPS) is 21.8. The smallest absolute Gasteiger partial charge is 0.354 e. The molecule has 0 atom stereocenters. The van der Waals surface area contributed by atoms with Crippen molar-refractivity contribution in [1.82, 2.24) is 9.88 Å². The van der Waals surface area contributed by atoms with Crippen LogP contribution >= 0.6 is 11.3 Å². The molecule has 1 aromatic heterocycles. The van der Waals surface area contributed by atoms with E-state index in [2.05, 4.69) is 4.99 Å². The quantitative estimate of drug-likeness (QED) is 0.828.